The lowest BCUT2D eigenvalue weighted by atomic mass is 9.95. The summed E-state index contributed by atoms with van der Waals surface area (Å²) in [7, 11) is 0. The largest absolute Gasteiger partial charge is 0.399 e. The average Bonchev–Trinajstić information content (AvgIpc) is 3.10. The summed E-state index contributed by atoms with van der Waals surface area (Å²) in [6.45, 7) is 1.74. The zero-order valence-corrected chi connectivity index (χ0v) is 15.6. The summed E-state index contributed by atoms with van der Waals surface area (Å²) in [4.78, 5) is 16.7. The molecule has 1 atom stereocenters. The zero-order chi connectivity index (χ0) is 19.8. The molecule has 1 aromatic heterocycles. The lowest BCUT2D eigenvalue weighted by Crippen LogP contribution is -2.43. The van der Waals surface area contributed by atoms with Gasteiger partial charge in [-0.2, -0.15) is 0 Å². The van der Waals surface area contributed by atoms with E-state index in [4.69, 9.17) is 5.73 Å². The fraction of sp³-hybridized carbons (Fsp3) is 0.100. The fourth-order valence-electron chi connectivity index (χ4n) is 3.15. The second-order valence-corrected chi connectivity index (χ2v) is 7.29. The molecular formula is C20H16F2N4OS. The Morgan fingerprint density at radius 1 is 1.11 bits per heavy atom. The molecule has 2 amide bonds. The van der Waals surface area contributed by atoms with Gasteiger partial charge in [0.2, 0.25) is 0 Å². The number of anilines is 1. The van der Waals surface area contributed by atoms with Crippen molar-refractivity contribution in [3.63, 3.8) is 0 Å². The molecule has 2 aromatic carbocycles. The molecule has 4 N–H and O–H groups in total. The van der Waals surface area contributed by atoms with Crippen molar-refractivity contribution in [3.8, 4) is 11.3 Å². The van der Waals surface area contributed by atoms with Crippen molar-refractivity contribution in [2.24, 2.45) is 0 Å². The van der Waals surface area contributed by atoms with E-state index in [1.807, 2.05) is 17.5 Å². The van der Waals surface area contributed by atoms with Gasteiger partial charge in [-0.25, -0.2) is 18.6 Å². The molecule has 3 aromatic rings. The van der Waals surface area contributed by atoms with Crippen LogP contribution in [0.1, 0.15) is 23.5 Å². The van der Waals surface area contributed by atoms with E-state index in [0.717, 1.165) is 17.3 Å². The minimum absolute atomic E-state index is 0.311. The third-order valence-corrected chi connectivity index (χ3v) is 5.30. The van der Waals surface area contributed by atoms with Crippen molar-refractivity contribution in [1.29, 1.82) is 0 Å². The first-order valence-electron chi connectivity index (χ1n) is 8.47. The van der Waals surface area contributed by atoms with Gasteiger partial charge in [0.1, 0.15) is 16.6 Å². The maximum atomic E-state index is 13.8. The molecule has 0 radical (unpaired) electrons. The van der Waals surface area contributed by atoms with E-state index in [0.29, 0.717) is 27.5 Å². The number of nitrogens with zero attached hydrogens (tertiary/aromatic N) is 1. The van der Waals surface area contributed by atoms with Crippen molar-refractivity contribution >= 4 is 28.6 Å². The Labute approximate surface area is 163 Å². The normalized spacial score (nSPS) is 16.7. The number of hydrogen-bond acceptors (Lipinski definition) is 4. The van der Waals surface area contributed by atoms with Crippen molar-refractivity contribution in [1.82, 2.24) is 15.6 Å². The van der Waals surface area contributed by atoms with Gasteiger partial charge in [0.15, 0.2) is 0 Å². The number of thiazole rings is 1. The van der Waals surface area contributed by atoms with Crippen LogP contribution >= 0.6 is 11.3 Å². The van der Waals surface area contributed by atoms with Gasteiger partial charge in [-0.1, -0.05) is 12.1 Å². The quantitative estimate of drug-likeness (QED) is 0.570. The summed E-state index contributed by atoms with van der Waals surface area (Å²) in [5.74, 6) is -1.41. The molecule has 28 heavy (non-hydrogen) atoms. The van der Waals surface area contributed by atoms with Crippen molar-refractivity contribution in [2.75, 3.05) is 5.73 Å². The summed E-state index contributed by atoms with van der Waals surface area (Å²) >= 11 is 1.39. The lowest BCUT2D eigenvalue weighted by molar-refractivity contribution is 0.240. The molecule has 0 spiro atoms. The Kier molecular flexibility index (Phi) is 4.56. The molecule has 142 valence electrons. The molecule has 1 unspecified atom stereocenters. The van der Waals surface area contributed by atoms with Crippen LogP contribution in [0.2, 0.25) is 0 Å². The van der Waals surface area contributed by atoms with E-state index in [1.165, 1.54) is 23.5 Å². The van der Waals surface area contributed by atoms with E-state index in [9.17, 15) is 13.6 Å². The minimum Gasteiger partial charge on any atom is -0.399 e. The van der Waals surface area contributed by atoms with Crippen LogP contribution in [0.5, 0.6) is 0 Å². The number of halogens is 2. The van der Waals surface area contributed by atoms with Gasteiger partial charge in [-0.3, -0.25) is 0 Å². The van der Waals surface area contributed by atoms with Crippen LogP contribution in [0.25, 0.3) is 16.8 Å². The second kappa shape index (κ2) is 7.05. The first-order valence-corrected chi connectivity index (χ1v) is 9.35. The number of carbonyl (C=O) groups is 1. The van der Waals surface area contributed by atoms with E-state index in [2.05, 4.69) is 15.6 Å². The Hall–Kier alpha value is -3.26. The predicted octanol–water partition coefficient (Wildman–Crippen LogP) is 4.46. The number of urea groups is 1. The van der Waals surface area contributed by atoms with Crippen LogP contribution in [0.3, 0.4) is 0 Å². The maximum Gasteiger partial charge on any atom is 0.319 e. The lowest BCUT2D eigenvalue weighted by Gasteiger charge is -2.28. The molecule has 1 aliphatic heterocycles. The molecule has 0 saturated heterocycles. The Morgan fingerprint density at radius 3 is 2.46 bits per heavy atom. The van der Waals surface area contributed by atoms with Gasteiger partial charge >= 0.3 is 6.03 Å². The second-order valence-electron chi connectivity index (χ2n) is 6.43. The highest BCUT2D eigenvalue weighted by molar-refractivity contribution is 7.11. The third kappa shape index (κ3) is 3.46. The molecular weight excluding hydrogens is 382 g/mol. The van der Waals surface area contributed by atoms with Crippen molar-refractivity contribution in [2.45, 2.75) is 13.0 Å². The molecule has 0 bridgehead atoms. The summed E-state index contributed by atoms with van der Waals surface area (Å²) in [5, 5.41) is 7.97. The molecule has 8 heteroatoms. The topological polar surface area (TPSA) is 80.0 Å². The smallest absolute Gasteiger partial charge is 0.319 e. The molecule has 0 saturated carbocycles. The Bertz CT molecular complexity index is 1070. The van der Waals surface area contributed by atoms with Crippen LogP contribution in [0, 0.1) is 11.6 Å². The maximum absolute atomic E-state index is 13.8. The van der Waals surface area contributed by atoms with Gasteiger partial charge in [0.25, 0.3) is 0 Å². The number of rotatable bonds is 3. The summed E-state index contributed by atoms with van der Waals surface area (Å²) in [6.07, 6.45) is 0. The van der Waals surface area contributed by atoms with Crippen LogP contribution in [-0.4, -0.2) is 11.0 Å². The van der Waals surface area contributed by atoms with Gasteiger partial charge in [0.05, 0.1) is 11.7 Å². The van der Waals surface area contributed by atoms with Crippen LogP contribution in [-0.2, 0) is 0 Å². The van der Waals surface area contributed by atoms with Crippen molar-refractivity contribution in [3.05, 3.63) is 75.7 Å². The van der Waals surface area contributed by atoms with Crippen LogP contribution in [0.15, 0.2) is 53.5 Å². The highest BCUT2D eigenvalue weighted by Crippen LogP contribution is 2.37. The number of nitrogen functional groups attached to an aromatic ring is 1. The molecule has 0 fully saturated rings. The number of hydrogen-bond donors (Lipinski definition) is 3. The average molecular weight is 398 g/mol. The highest BCUT2D eigenvalue weighted by atomic mass is 32.1. The van der Waals surface area contributed by atoms with E-state index in [1.54, 1.807) is 19.1 Å². The molecule has 5 nitrogen and oxygen atoms in total. The molecule has 1 aliphatic rings. The first-order chi connectivity index (χ1) is 13.4. The van der Waals surface area contributed by atoms with Crippen LogP contribution in [0.4, 0.5) is 19.3 Å². The zero-order valence-electron chi connectivity index (χ0n) is 14.8. The summed E-state index contributed by atoms with van der Waals surface area (Å²) in [5.41, 5.74) is 9.59. The molecule has 2 heterocycles. The van der Waals surface area contributed by atoms with E-state index >= 15 is 0 Å². The van der Waals surface area contributed by atoms with Gasteiger partial charge in [0, 0.05) is 34.0 Å². The number of nitrogens with one attached hydrogen (secondary N) is 2. The highest BCUT2D eigenvalue weighted by Gasteiger charge is 2.30. The SMILES string of the molecule is CC1=C(c2nc(-c3ccc(N)cc3)cs2)C(c2cc(F)cc(F)c2)NC(=O)N1. The number of nitrogens with two attached hydrogens (primary N) is 1. The minimum atomic E-state index is -0.718. The number of benzene rings is 2. The van der Waals surface area contributed by atoms with E-state index < -0.39 is 23.7 Å². The molecule has 0 aliphatic carbocycles. The van der Waals surface area contributed by atoms with Crippen molar-refractivity contribution < 1.29 is 13.6 Å². The Balaban J connectivity index is 1.78. The third-order valence-electron chi connectivity index (χ3n) is 4.43. The monoisotopic (exact) mass is 398 g/mol. The molecule has 4 rings (SSSR count). The summed E-state index contributed by atoms with van der Waals surface area (Å²) < 4.78 is 27.5. The Morgan fingerprint density at radius 2 is 1.79 bits per heavy atom. The van der Waals surface area contributed by atoms with Gasteiger partial charge in [-0.15, -0.1) is 11.3 Å². The van der Waals surface area contributed by atoms with Crippen LogP contribution < -0.4 is 16.4 Å². The number of allylic oxidation sites excluding steroid dienone is 1. The number of amides is 2. The van der Waals surface area contributed by atoms with Gasteiger partial charge < -0.3 is 16.4 Å². The number of aromatic nitrogens is 1. The van der Waals surface area contributed by atoms with Gasteiger partial charge in [-0.05, 0) is 36.8 Å². The fourth-order valence-corrected chi connectivity index (χ4v) is 4.11. The predicted molar refractivity (Wildman–Crippen MR) is 105 cm³/mol. The summed E-state index contributed by atoms with van der Waals surface area (Å²) in [6, 6.07) is 9.38. The number of carbonyl (C=O) groups excluding carboxylic acids is 1. The standard InChI is InChI=1S/C20H16F2N4OS/c1-10-17(19-25-16(9-28-19)11-2-4-15(23)5-3-11)18(26-20(27)24-10)12-6-13(21)8-14(22)7-12/h2-9,18H,23H2,1H3,(H2,24,26,27). The first kappa shape index (κ1) is 18.1. The van der Waals surface area contributed by atoms with E-state index in [-0.39, 0.29) is 0 Å².